The molecule has 0 radical (unpaired) electrons. The van der Waals surface area contributed by atoms with E-state index in [1.54, 1.807) is 30.3 Å². The van der Waals surface area contributed by atoms with Gasteiger partial charge in [-0.2, -0.15) is 0 Å². The van der Waals surface area contributed by atoms with Gasteiger partial charge in [0, 0.05) is 22.7 Å². The van der Waals surface area contributed by atoms with Crippen LogP contribution in [-0.2, 0) is 6.61 Å². The number of carbonyl (C=O) groups excluding carboxylic acids is 1. The van der Waals surface area contributed by atoms with Crippen LogP contribution >= 0.6 is 11.6 Å². The molecule has 5 heteroatoms. The molecule has 2 heterocycles. The molecule has 0 fully saturated rings. The van der Waals surface area contributed by atoms with Crippen molar-refractivity contribution in [3.63, 3.8) is 0 Å². The maximum absolute atomic E-state index is 12.4. The first kappa shape index (κ1) is 16.5. The van der Waals surface area contributed by atoms with Gasteiger partial charge in [-0.3, -0.25) is 4.79 Å². The van der Waals surface area contributed by atoms with Crippen molar-refractivity contribution in [1.82, 2.24) is 0 Å². The van der Waals surface area contributed by atoms with Crippen LogP contribution in [0.15, 0.2) is 64.8 Å². The summed E-state index contributed by atoms with van der Waals surface area (Å²) in [5.74, 6) is 2.49. The summed E-state index contributed by atoms with van der Waals surface area (Å²) >= 11 is 6.14. The zero-order chi connectivity index (χ0) is 18.1. The fourth-order valence-electron chi connectivity index (χ4n) is 2.69. The molecule has 0 unspecified atom stereocenters. The molecular formula is C21H15ClO4. The number of ketones is 1. The van der Waals surface area contributed by atoms with Crippen molar-refractivity contribution in [3.05, 3.63) is 88.0 Å². The summed E-state index contributed by atoms with van der Waals surface area (Å²) in [5, 5.41) is 0.652. The molecule has 0 spiro atoms. The van der Waals surface area contributed by atoms with Gasteiger partial charge < -0.3 is 13.9 Å². The predicted molar refractivity (Wildman–Crippen MR) is 98.6 cm³/mol. The Morgan fingerprint density at radius 1 is 1.12 bits per heavy atom. The summed E-state index contributed by atoms with van der Waals surface area (Å²) < 4.78 is 16.9. The Balaban J connectivity index is 1.52. The van der Waals surface area contributed by atoms with Gasteiger partial charge in [-0.25, -0.2) is 0 Å². The normalized spacial score (nSPS) is 14.4. The number of carbonyl (C=O) groups is 1. The fourth-order valence-corrected chi connectivity index (χ4v) is 2.88. The molecule has 0 bridgehead atoms. The summed E-state index contributed by atoms with van der Waals surface area (Å²) in [4.78, 5) is 12.4. The summed E-state index contributed by atoms with van der Waals surface area (Å²) in [5.41, 5.74) is 1.39. The van der Waals surface area contributed by atoms with E-state index in [1.807, 2.05) is 37.3 Å². The molecule has 2 aromatic carbocycles. The minimum Gasteiger partial charge on any atom is -0.489 e. The highest BCUT2D eigenvalue weighted by Gasteiger charge is 2.28. The van der Waals surface area contributed by atoms with Crippen LogP contribution in [-0.4, -0.2) is 5.78 Å². The van der Waals surface area contributed by atoms with Crippen molar-refractivity contribution < 1.29 is 18.7 Å². The number of hydrogen-bond donors (Lipinski definition) is 0. The molecule has 3 aromatic rings. The van der Waals surface area contributed by atoms with Crippen LogP contribution in [0.3, 0.4) is 0 Å². The Bertz CT molecular complexity index is 1020. The van der Waals surface area contributed by atoms with Crippen LogP contribution in [0.2, 0.25) is 5.02 Å². The van der Waals surface area contributed by atoms with Crippen LogP contribution in [0, 0.1) is 6.92 Å². The summed E-state index contributed by atoms with van der Waals surface area (Å²) in [6.07, 6.45) is 1.60. The maximum Gasteiger partial charge on any atom is 0.232 e. The van der Waals surface area contributed by atoms with E-state index in [2.05, 4.69) is 0 Å². The van der Waals surface area contributed by atoms with Gasteiger partial charge in [0.15, 0.2) is 5.76 Å². The van der Waals surface area contributed by atoms with Crippen LogP contribution in [0.25, 0.3) is 6.08 Å². The third kappa shape index (κ3) is 3.24. The van der Waals surface area contributed by atoms with Crippen LogP contribution in [0.1, 0.15) is 27.4 Å². The van der Waals surface area contributed by atoms with Gasteiger partial charge >= 0.3 is 0 Å². The summed E-state index contributed by atoms with van der Waals surface area (Å²) in [6, 6.07) is 16.3. The van der Waals surface area contributed by atoms with Crippen molar-refractivity contribution in [2.45, 2.75) is 13.5 Å². The number of fused-ring (bicyclic) bond motifs is 1. The molecule has 0 saturated heterocycles. The minimum atomic E-state index is -0.174. The number of allylic oxidation sites excluding steroid dienone is 1. The van der Waals surface area contributed by atoms with E-state index in [0.717, 1.165) is 11.3 Å². The number of aryl methyl sites for hydroxylation is 1. The lowest BCUT2D eigenvalue weighted by molar-refractivity contribution is 0.101. The number of ether oxygens (including phenoxy) is 2. The molecule has 0 atom stereocenters. The molecule has 4 rings (SSSR count). The standard InChI is InChI=1S/C21H15ClO4/c1-13-6-7-16(25-13)11-20-21(23)17-9-8-15(10-19(17)26-20)24-12-14-4-2-3-5-18(14)22/h2-11H,12H2,1H3. The van der Waals surface area contributed by atoms with Crippen LogP contribution in [0.5, 0.6) is 11.5 Å². The van der Waals surface area contributed by atoms with Crippen molar-refractivity contribution in [2.75, 3.05) is 0 Å². The molecule has 0 N–H and O–H groups in total. The maximum atomic E-state index is 12.4. The van der Waals surface area contributed by atoms with Crippen molar-refractivity contribution in [1.29, 1.82) is 0 Å². The van der Waals surface area contributed by atoms with Crippen molar-refractivity contribution in [3.8, 4) is 11.5 Å². The number of hydrogen-bond acceptors (Lipinski definition) is 4. The first-order valence-electron chi connectivity index (χ1n) is 8.11. The third-order valence-corrected chi connectivity index (χ3v) is 4.40. The van der Waals surface area contributed by atoms with Crippen LogP contribution in [0.4, 0.5) is 0 Å². The van der Waals surface area contributed by atoms with E-state index in [0.29, 0.717) is 34.5 Å². The average molecular weight is 367 g/mol. The summed E-state index contributed by atoms with van der Waals surface area (Å²) in [7, 11) is 0. The molecule has 1 aliphatic heterocycles. The second-order valence-corrected chi connectivity index (χ2v) is 6.33. The van der Waals surface area contributed by atoms with E-state index < -0.39 is 0 Å². The number of furan rings is 1. The average Bonchev–Trinajstić information content (AvgIpc) is 3.18. The van der Waals surface area contributed by atoms with E-state index in [9.17, 15) is 4.79 Å². The van der Waals surface area contributed by atoms with Crippen molar-refractivity contribution >= 4 is 23.5 Å². The highest BCUT2D eigenvalue weighted by atomic mass is 35.5. The highest BCUT2D eigenvalue weighted by Crippen LogP contribution is 2.35. The minimum absolute atomic E-state index is 0.174. The smallest absolute Gasteiger partial charge is 0.232 e. The zero-order valence-corrected chi connectivity index (χ0v) is 14.7. The number of halogens is 1. The van der Waals surface area contributed by atoms with Gasteiger partial charge in [0.05, 0.1) is 5.56 Å². The number of benzene rings is 2. The molecule has 0 amide bonds. The molecule has 0 saturated carbocycles. The molecular weight excluding hydrogens is 352 g/mol. The quantitative estimate of drug-likeness (QED) is 0.577. The Morgan fingerprint density at radius 3 is 2.73 bits per heavy atom. The molecule has 4 nitrogen and oxygen atoms in total. The van der Waals surface area contributed by atoms with E-state index in [4.69, 9.17) is 25.5 Å². The first-order valence-corrected chi connectivity index (χ1v) is 8.49. The fraction of sp³-hybridized carbons (Fsp3) is 0.0952. The molecule has 26 heavy (non-hydrogen) atoms. The van der Waals surface area contributed by atoms with Gasteiger partial charge in [0.2, 0.25) is 5.78 Å². The Labute approximate surface area is 155 Å². The zero-order valence-electron chi connectivity index (χ0n) is 14.0. The van der Waals surface area contributed by atoms with E-state index in [-0.39, 0.29) is 11.5 Å². The Kier molecular flexibility index (Phi) is 4.27. The largest absolute Gasteiger partial charge is 0.489 e. The van der Waals surface area contributed by atoms with Crippen molar-refractivity contribution in [2.24, 2.45) is 0 Å². The van der Waals surface area contributed by atoms with E-state index in [1.165, 1.54) is 0 Å². The van der Waals surface area contributed by atoms with Gasteiger partial charge in [-0.1, -0.05) is 29.8 Å². The second kappa shape index (κ2) is 6.73. The predicted octanol–water partition coefficient (Wildman–Crippen LogP) is 5.44. The second-order valence-electron chi connectivity index (χ2n) is 5.93. The lowest BCUT2D eigenvalue weighted by atomic mass is 10.1. The summed E-state index contributed by atoms with van der Waals surface area (Å²) in [6.45, 7) is 2.18. The lowest BCUT2D eigenvalue weighted by Crippen LogP contribution is -1.97. The lowest BCUT2D eigenvalue weighted by Gasteiger charge is -2.08. The van der Waals surface area contributed by atoms with Gasteiger partial charge in [-0.05, 0) is 37.3 Å². The molecule has 130 valence electrons. The van der Waals surface area contributed by atoms with E-state index >= 15 is 0 Å². The monoisotopic (exact) mass is 366 g/mol. The number of rotatable bonds is 4. The van der Waals surface area contributed by atoms with Gasteiger partial charge in [0.25, 0.3) is 0 Å². The molecule has 1 aromatic heterocycles. The Hall–Kier alpha value is -2.98. The van der Waals surface area contributed by atoms with Gasteiger partial charge in [-0.15, -0.1) is 0 Å². The Morgan fingerprint density at radius 2 is 1.96 bits per heavy atom. The van der Waals surface area contributed by atoms with Crippen LogP contribution < -0.4 is 9.47 Å². The molecule has 0 aliphatic carbocycles. The van der Waals surface area contributed by atoms with Gasteiger partial charge in [0.1, 0.15) is 29.6 Å². The third-order valence-electron chi connectivity index (χ3n) is 4.03. The molecule has 1 aliphatic rings. The first-order chi connectivity index (χ1) is 12.6. The topological polar surface area (TPSA) is 48.7 Å². The highest BCUT2D eigenvalue weighted by molar-refractivity contribution is 6.31. The SMILES string of the molecule is Cc1ccc(C=C2Oc3cc(OCc4ccccc4Cl)ccc3C2=O)o1. The number of Topliss-reactive ketones (excluding diaryl/α,β-unsaturated/α-hetero) is 1.